The number of hydrogen-bond acceptors (Lipinski definition) is 7. The highest BCUT2D eigenvalue weighted by molar-refractivity contribution is 7.98. The molecule has 1 atom stereocenters. The summed E-state index contributed by atoms with van der Waals surface area (Å²) in [5.74, 6) is 1.64. The Morgan fingerprint density at radius 3 is 2.51 bits per heavy atom. The van der Waals surface area contributed by atoms with Crippen molar-refractivity contribution >= 4 is 23.4 Å². The first-order valence-electron chi connectivity index (χ1n) is 10.8. The standard InChI is InChI=1S/C25H23N5O4S/c1-17(26-24(31)19-8-4-3-5-9-19)23-27-28-25(35-16-18-7-6-10-22(15-18)34-2)29(23)20-11-13-21(14-12-20)30(32)33/h3-15,17H,16H2,1-2H3,(H,26,31). The number of aromatic nitrogens is 3. The van der Waals surface area contributed by atoms with Crippen molar-refractivity contribution in [3.8, 4) is 11.4 Å². The van der Waals surface area contributed by atoms with E-state index in [0.717, 1.165) is 11.3 Å². The molecule has 0 spiro atoms. The van der Waals surface area contributed by atoms with E-state index in [1.54, 1.807) is 43.5 Å². The molecule has 0 saturated heterocycles. The third-order valence-electron chi connectivity index (χ3n) is 5.25. The quantitative estimate of drug-likeness (QED) is 0.201. The Balaban J connectivity index is 1.64. The molecule has 1 unspecified atom stereocenters. The van der Waals surface area contributed by atoms with Gasteiger partial charge < -0.3 is 10.1 Å². The van der Waals surface area contributed by atoms with Crippen LogP contribution in [0.15, 0.2) is 84.0 Å². The molecule has 9 nitrogen and oxygen atoms in total. The van der Waals surface area contributed by atoms with Crippen molar-refractivity contribution in [1.82, 2.24) is 20.1 Å². The normalized spacial score (nSPS) is 11.6. The summed E-state index contributed by atoms with van der Waals surface area (Å²) < 4.78 is 7.11. The Bertz CT molecular complexity index is 1330. The highest BCUT2D eigenvalue weighted by Crippen LogP contribution is 2.29. The Kier molecular flexibility index (Phi) is 7.41. The zero-order valence-corrected chi connectivity index (χ0v) is 19.9. The number of carbonyl (C=O) groups is 1. The second kappa shape index (κ2) is 10.8. The van der Waals surface area contributed by atoms with Crippen LogP contribution in [0.1, 0.15) is 34.7 Å². The maximum atomic E-state index is 12.7. The summed E-state index contributed by atoms with van der Waals surface area (Å²) in [6, 6.07) is 22.3. The number of non-ortho nitro benzene ring substituents is 1. The number of nitro benzene ring substituents is 1. The molecule has 1 N–H and O–H groups in total. The molecule has 4 rings (SSSR count). The van der Waals surface area contributed by atoms with Crippen molar-refractivity contribution in [3.05, 3.63) is 106 Å². The zero-order chi connectivity index (χ0) is 24.8. The highest BCUT2D eigenvalue weighted by Gasteiger charge is 2.22. The molecule has 0 aliphatic rings. The molecule has 0 aliphatic heterocycles. The second-order valence-corrected chi connectivity index (χ2v) is 8.59. The van der Waals surface area contributed by atoms with Crippen LogP contribution in [-0.4, -0.2) is 32.7 Å². The van der Waals surface area contributed by atoms with Gasteiger partial charge in [0.15, 0.2) is 11.0 Å². The maximum Gasteiger partial charge on any atom is 0.269 e. The lowest BCUT2D eigenvalue weighted by Crippen LogP contribution is -2.28. The second-order valence-electron chi connectivity index (χ2n) is 7.65. The number of rotatable bonds is 9. The summed E-state index contributed by atoms with van der Waals surface area (Å²) in [4.78, 5) is 23.4. The van der Waals surface area contributed by atoms with Crippen LogP contribution in [-0.2, 0) is 5.75 Å². The average Bonchev–Trinajstić information content (AvgIpc) is 3.32. The first-order chi connectivity index (χ1) is 17.0. The molecular formula is C25H23N5O4S. The number of thioether (sulfide) groups is 1. The lowest BCUT2D eigenvalue weighted by molar-refractivity contribution is -0.384. The number of carbonyl (C=O) groups excluding carboxylic acids is 1. The Morgan fingerprint density at radius 2 is 1.83 bits per heavy atom. The van der Waals surface area contributed by atoms with Gasteiger partial charge in [0, 0.05) is 29.1 Å². The summed E-state index contributed by atoms with van der Waals surface area (Å²) in [5.41, 5.74) is 2.22. The van der Waals surface area contributed by atoms with Crippen LogP contribution in [0.3, 0.4) is 0 Å². The van der Waals surface area contributed by atoms with E-state index in [9.17, 15) is 14.9 Å². The molecule has 10 heteroatoms. The van der Waals surface area contributed by atoms with Crippen molar-refractivity contribution in [2.24, 2.45) is 0 Å². The lowest BCUT2D eigenvalue weighted by atomic mass is 10.2. The zero-order valence-electron chi connectivity index (χ0n) is 19.1. The molecule has 0 saturated carbocycles. The van der Waals surface area contributed by atoms with E-state index in [4.69, 9.17) is 4.74 Å². The highest BCUT2D eigenvalue weighted by atomic mass is 32.2. The van der Waals surface area contributed by atoms with E-state index < -0.39 is 11.0 Å². The van der Waals surface area contributed by atoms with E-state index >= 15 is 0 Å². The SMILES string of the molecule is COc1cccc(CSc2nnc(C(C)NC(=O)c3ccccc3)n2-c2ccc([N+](=O)[O-])cc2)c1. The minimum atomic E-state index is -0.475. The third kappa shape index (κ3) is 5.67. The monoisotopic (exact) mass is 489 g/mol. The molecule has 4 aromatic rings. The van der Waals surface area contributed by atoms with Gasteiger partial charge in [-0.05, 0) is 48.9 Å². The van der Waals surface area contributed by atoms with Gasteiger partial charge in [0.2, 0.25) is 0 Å². The molecule has 1 heterocycles. The van der Waals surface area contributed by atoms with E-state index in [-0.39, 0.29) is 11.6 Å². The first-order valence-corrected chi connectivity index (χ1v) is 11.8. The van der Waals surface area contributed by atoms with Crippen molar-refractivity contribution in [3.63, 3.8) is 0 Å². The number of nitrogens with zero attached hydrogens (tertiary/aromatic N) is 4. The minimum Gasteiger partial charge on any atom is -0.497 e. The van der Waals surface area contributed by atoms with Crippen molar-refractivity contribution < 1.29 is 14.5 Å². The van der Waals surface area contributed by atoms with Gasteiger partial charge in [-0.15, -0.1) is 10.2 Å². The number of methoxy groups -OCH3 is 1. The Morgan fingerprint density at radius 1 is 1.09 bits per heavy atom. The Hall–Kier alpha value is -4.18. The number of amides is 1. The van der Waals surface area contributed by atoms with Crippen LogP contribution in [0.4, 0.5) is 5.69 Å². The lowest BCUT2D eigenvalue weighted by Gasteiger charge is -2.16. The van der Waals surface area contributed by atoms with E-state index in [1.807, 2.05) is 41.8 Å². The van der Waals surface area contributed by atoms with Crippen LogP contribution < -0.4 is 10.1 Å². The van der Waals surface area contributed by atoms with Crippen LogP contribution in [0.2, 0.25) is 0 Å². The molecule has 0 radical (unpaired) electrons. The Labute approximate surface area is 206 Å². The molecule has 0 fully saturated rings. The fraction of sp³-hybridized carbons (Fsp3) is 0.160. The number of hydrogen-bond donors (Lipinski definition) is 1. The van der Waals surface area contributed by atoms with Crippen molar-refractivity contribution in [2.45, 2.75) is 23.9 Å². The molecule has 1 aromatic heterocycles. The minimum absolute atomic E-state index is 0.0145. The van der Waals surface area contributed by atoms with Gasteiger partial charge in [-0.3, -0.25) is 19.5 Å². The molecular weight excluding hydrogens is 466 g/mol. The summed E-state index contributed by atoms with van der Waals surface area (Å²) in [6.45, 7) is 1.82. The molecule has 3 aromatic carbocycles. The molecule has 35 heavy (non-hydrogen) atoms. The fourth-order valence-corrected chi connectivity index (χ4v) is 4.37. The van der Waals surface area contributed by atoms with Crippen molar-refractivity contribution in [2.75, 3.05) is 7.11 Å². The predicted molar refractivity (Wildman–Crippen MR) is 133 cm³/mol. The van der Waals surface area contributed by atoms with E-state index in [1.165, 1.54) is 23.9 Å². The predicted octanol–water partition coefficient (Wildman–Crippen LogP) is 4.97. The molecule has 0 aliphatic carbocycles. The number of nitrogens with one attached hydrogen (secondary N) is 1. The number of nitro groups is 1. The van der Waals surface area contributed by atoms with Crippen molar-refractivity contribution in [1.29, 1.82) is 0 Å². The van der Waals surface area contributed by atoms with Gasteiger partial charge in [-0.2, -0.15) is 0 Å². The van der Waals surface area contributed by atoms with Gasteiger partial charge in [0.1, 0.15) is 5.75 Å². The fourth-order valence-electron chi connectivity index (χ4n) is 3.47. The summed E-state index contributed by atoms with van der Waals surface area (Å²) in [5, 5.41) is 23.4. The van der Waals surface area contributed by atoms with Gasteiger partial charge in [-0.25, -0.2) is 0 Å². The van der Waals surface area contributed by atoms with Crippen LogP contribution in [0.25, 0.3) is 5.69 Å². The van der Waals surface area contributed by atoms with Gasteiger partial charge >= 0.3 is 0 Å². The van der Waals surface area contributed by atoms with Crippen LogP contribution >= 0.6 is 11.8 Å². The molecule has 0 bridgehead atoms. The van der Waals surface area contributed by atoms with Crippen LogP contribution in [0, 0.1) is 10.1 Å². The topological polar surface area (TPSA) is 112 Å². The van der Waals surface area contributed by atoms with E-state index in [2.05, 4.69) is 15.5 Å². The average molecular weight is 490 g/mol. The summed E-state index contributed by atoms with van der Waals surface area (Å²) >= 11 is 1.47. The summed E-state index contributed by atoms with van der Waals surface area (Å²) in [7, 11) is 1.62. The first kappa shape index (κ1) is 24.0. The summed E-state index contributed by atoms with van der Waals surface area (Å²) in [6.07, 6.45) is 0. The number of benzene rings is 3. The number of ether oxygens (including phenoxy) is 1. The van der Waals surface area contributed by atoms with E-state index in [0.29, 0.717) is 28.0 Å². The smallest absolute Gasteiger partial charge is 0.269 e. The maximum absolute atomic E-state index is 12.7. The molecule has 1 amide bonds. The van der Waals surface area contributed by atoms with Gasteiger partial charge in [-0.1, -0.05) is 42.1 Å². The van der Waals surface area contributed by atoms with Gasteiger partial charge in [0.25, 0.3) is 11.6 Å². The van der Waals surface area contributed by atoms with Gasteiger partial charge in [0.05, 0.1) is 18.1 Å². The molecule has 178 valence electrons. The largest absolute Gasteiger partial charge is 0.497 e. The third-order valence-corrected chi connectivity index (χ3v) is 6.25. The van der Waals surface area contributed by atoms with Crippen LogP contribution in [0.5, 0.6) is 5.75 Å².